The average Bonchev–Trinajstić information content (AvgIpc) is 2.89. The van der Waals surface area contributed by atoms with Gasteiger partial charge in [0, 0.05) is 46.0 Å². The Labute approximate surface area is 171 Å². The standard InChI is InChI=1S/C20H28N2O6S/c1-27-14-13-22-19(24)15-29(25,26)20(22)9-11-21(12-10-20)18(23)8-7-16-5-3-4-6-17(16)28-2/h3-6H,7-15H2,1-2H3. The largest absolute Gasteiger partial charge is 0.496 e. The molecule has 0 unspecified atom stereocenters. The molecule has 2 fully saturated rings. The summed E-state index contributed by atoms with van der Waals surface area (Å²) in [7, 11) is -0.466. The van der Waals surface area contributed by atoms with Crippen LogP contribution >= 0.6 is 0 Å². The minimum Gasteiger partial charge on any atom is -0.496 e. The van der Waals surface area contributed by atoms with Crippen LogP contribution in [0.1, 0.15) is 24.8 Å². The van der Waals surface area contributed by atoms with Crippen LogP contribution in [-0.2, 0) is 30.6 Å². The van der Waals surface area contributed by atoms with Crippen LogP contribution in [0, 0.1) is 0 Å². The number of sulfone groups is 1. The van der Waals surface area contributed by atoms with Crippen LogP contribution in [0.15, 0.2) is 24.3 Å². The normalized spacial score (nSPS) is 20.3. The number of rotatable bonds is 7. The van der Waals surface area contributed by atoms with Crippen LogP contribution in [0.4, 0.5) is 0 Å². The number of para-hydroxylation sites is 1. The highest BCUT2D eigenvalue weighted by atomic mass is 32.2. The van der Waals surface area contributed by atoms with E-state index < -0.39 is 20.5 Å². The summed E-state index contributed by atoms with van der Waals surface area (Å²) in [5, 5.41) is 0. The molecule has 9 heteroatoms. The van der Waals surface area contributed by atoms with E-state index in [0.717, 1.165) is 11.3 Å². The van der Waals surface area contributed by atoms with Crippen molar-refractivity contribution in [3.63, 3.8) is 0 Å². The fraction of sp³-hybridized carbons (Fsp3) is 0.600. The molecule has 2 saturated heterocycles. The smallest absolute Gasteiger partial charge is 0.239 e. The topological polar surface area (TPSA) is 93.2 Å². The minimum atomic E-state index is -3.59. The van der Waals surface area contributed by atoms with Crippen molar-refractivity contribution in [3.8, 4) is 5.75 Å². The van der Waals surface area contributed by atoms with Gasteiger partial charge >= 0.3 is 0 Å². The maximum atomic E-state index is 12.8. The number of piperidine rings is 1. The summed E-state index contributed by atoms with van der Waals surface area (Å²) in [6.45, 7) is 1.17. The Bertz CT molecular complexity index is 861. The maximum absolute atomic E-state index is 12.8. The molecule has 2 aliphatic heterocycles. The molecule has 3 rings (SSSR count). The van der Waals surface area contributed by atoms with Gasteiger partial charge in [-0.1, -0.05) is 18.2 Å². The molecule has 160 valence electrons. The molecule has 0 atom stereocenters. The molecule has 29 heavy (non-hydrogen) atoms. The first kappa shape index (κ1) is 21.6. The number of amides is 2. The van der Waals surface area contributed by atoms with Crippen LogP contribution in [0.3, 0.4) is 0 Å². The monoisotopic (exact) mass is 424 g/mol. The summed E-state index contributed by atoms with van der Waals surface area (Å²) < 4.78 is 35.9. The van der Waals surface area contributed by atoms with Crippen LogP contribution in [0.25, 0.3) is 0 Å². The second kappa shape index (κ2) is 8.71. The summed E-state index contributed by atoms with van der Waals surface area (Å²) in [5.41, 5.74) is 0.964. The van der Waals surface area contributed by atoms with E-state index in [9.17, 15) is 18.0 Å². The third-order valence-electron chi connectivity index (χ3n) is 5.90. The van der Waals surface area contributed by atoms with E-state index in [1.54, 1.807) is 12.0 Å². The molecular weight excluding hydrogens is 396 g/mol. The van der Waals surface area contributed by atoms with Gasteiger partial charge in [-0.25, -0.2) is 8.42 Å². The molecule has 2 amide bonds. The Kier molecular flexibility index (Phi) is 6.48. The predicted octanol–water partition coefficient (Wildman–Crippen LogP) is 0.850. The fourth-order valence-electron chi connectivity index (χ4n) is 4.28. The zero-order chi connectivity index (χ0) is 21.1. The molecule has 2 aliphatic rings. The molecule has 0 saturated carbocycles. The van der Waals surface area contributed by atoms with Gasteiger partial charge < -0.3 is 19.3 Å². The number of nitrogens with zero attached hydrogens (tertiary/aromatic N) is 2. The Balaban J connectivity index is 1.64. The van der Waals surface area contributed by atoms with Crippen LogP contribution in [0.5, 0.6) is 5.75 Å². The summed E-state index contributed by atoms with van der Waals surface area (Å²) in [4.78, 5) is 26.9. The lowest BCUT2D eigenvalue weighted by Gasteiger charge is -2.43. The molecule has 1 aromatic carbocycles. The van der Waals surface area contributed by atoms with Crippen LogP contribution < -0.4 is 4.74 Å². The predicted molar refractivity (Wildman–Crippen MR) is 107 cm³/mol. The van der Waals surface area contributed by atoms with E-state index >= 15 is 0 Å². The molecule has 1 aromatic rings. The fourth-order valence-corrected chi connectivity index (χ4v) is 6.36. The molecule has 0 radical (unpaired) electrons. The zero-order valence-corrected chi connectivity index (χ0v) is 17.7. The van der Waals surface area contributed by atoms with E-state index in [2.05, 4.69) is 0 Å². The van der Waals surface area contributed by atoms with Crippen LogP contribution in [0.2, 0.25) is 0 Å². The Morgan fingerprint density at radius 1 is 1.17 bits per heavy atom. The van der Waals surface area contributed by atoms with Crippen molar-refractivity contribution in [2.45, 2.75) is 30.6 Å². The van der Waals surface area contributed by atoms with Crippen molar-refractivity contribution in [2.75, 3.05) is 46.2 Å². The number of carbonyl (C=O) groups excluding carboxylic acids is 2. The number of carbonyl (C=O) groups is 2. The van der Waals surface area contributed by atoms with Crippen molar-refractivity contribution in [1.82, 2.24) is 9.80 Å². The zero-order valence-electron chi connectivity index (χ0n) is 16.9. The first-order valence-corrected chi connectivity index (χ1v) is 11.4. The first-order chi connectivity index (χ1) is 13.8. The highest BCUT2D eigenvalue weighted by molar-refractivity contribution is 7.93. The lowest BCUT2D eigenvalue weighted by Crippen LogP contribution is -2.57. The minimum absolute atomic E-state index is 0.0177. The summed E-state index contributed by atoms with van der Waals surface area (Å²) in [5.74, 6) is -0.102. The maximum Gasteiger partial charge on any atom is 0.239 e. The van der Waals surface area contributed by atoms with Crippen molar-refractivity contribution in [2.24, 2.45) is 0 Å². The summed E-state index contributed by atoms with van der Waals surface area (Å²) >= 11 is 0. The van der Waals surface area contributed by atoms with Gasteiger partial charge in [0.05, 0.1) is 13.7 Å². The number of aryl methyl sites for hydroxylation is 1. The van der Waals surface area contributed by atoms with Gasteiger partial charge in [-0.15, -0.1) is 0 Å². The highest BCUT2D eigenvalue weighted by Gasteiger charge is 2.58. The van der Waals surface area contributed by atoms with E-state index in [1.807, 2.05) is 24.3 Å². The van der Waals surface area contributed by atoms with Crippen molar-refractivity contribution < 1.29 is 27.5 Å². The highest BCUT2D eigenvalue weighted by Crippen LogP contribution is 2.39. The summed E-state index contributed by atoms with van der Waals surface area (Å²) in [6.07, 6.45) is 1.37. The lowest BCUT2D eigenvalue weighted by molar-refractivity contribution is -0.135. The van der Waals surface area contributed by atoms with Gasteiger partial charge in [-0.2, -0.15) is 0 Å². The van der Waals surface area contributed by atoms with Crippen molar-refractivity contribution in [1.29, 1.82) is 0 Å². The average molecular weight is 425 g/mol. The van der Waals surface area contributed by atoms with Crippen molar-refractivity contribution in [3.05, 3.63) is 29.8 Å². The molecule has 0 aromatic heterocycles. The molecule has 8 nitrogen and oxygen atoms in total. The molecular formula is C20H28N2O6S. The Morgan fingerprint density at radius 2 is 1.86 bits per heavy atom. The van der Waals surface area contributed by atoms with Gasteiger partial charge in [-0.05, 0) is 18.1 Å². The molecule has 0 bridgehead atoms. The van der Waals surface area contributed by atoms with E-state index in [0.29, 0.717) is 25.9 Å². The molecule has 2 heterocycles. The van der Waals surface area contributed by atoms with Gasteiger partial charge in [0.2, 0.25) is 11.8 Å². The number of hydrogen-bond donors (Lipinski definition) is 0. The van der Waals surface area contributed by atoms with E-state index in [-0.39, 0.29) is 37.8 Å². The van der Waals surface area contributed by atoms with Gasteiger partial charge in [0.15, 0.2) is 9.84 Å². The molecule has 0 N–H and O–H groups in total. The Hall–Kier alpha value is -2.13. The number of ether oxygens (including phenoxy) is 2. The van der Waals surface area contributed by atoms with E-state index in [1.165, 1.54) is 12.0 Å². The third kappa shape index (κ3) is 4.11. The second-order valence-electron chi connectivity index (χ2n) is 7.44. The van der Waals surface area contributed by atoms with Crippen LogP contribution in [-0.4, -0.2) is 81.1 Å². The number of likely N-dealkylation sites (tertiary alicyclic amines) is 1. The van der Waals surface area contributed by atoms with Gasteiger partial charge in [0.1, 0.15) is 16.4 Å². The Morgan fingerprint density at radius 3 is 2.52 bits per heavy atom. The quantitative estimate of drug-likeness (QED) is 0.644. The molecule has 0 aliphatic carbocycles. The lowest BCUT2D eigenvalue weighted by atomic mass is 10.0. The van der Waals surface area contributed by atoms with Crippen molar-refractivity contribution >= 4 is 21.7 Å². The third-order valence-corrected chi connectivity index (χ3v) is 8.32. The summed E-state index contributed by atoms with van der Waals surface area (Å²) in [6, 6.07) is 7.58. The first-order valence-electron chi connectivity index (χ1n) is 9.76. The number of methoxy groups -OCH3 is 2. The van der Waals surface area contributed by atoms with Gasteiger partial charge in [0.25, 0.3) is 0 Å². The number of hydrogen-bond acceptors (Lipinski definition) is 6. The number of benzene rings is 1. The molecule has 1 spiro atoms. The van der Waals surface area contributed by atoms with Gasteiger partial charge in [-0.3, -0.25) is 9.59 Å². The van der Waals surface area contributed by atoms with E-state index in [4.69, 9.17) is 9.47 Å². The second-order valence-corrected chi connectivity index (χ2v) is 9.71. The SMILES string of the molecule is COCCN1C(=O)CS(=O)(=O)C12CCN(C(=O)CCc1ccccc1OC)CC2.